The summed E-state index contributed by atoms with van der Waals surface area (Å²) in [5.74, 6) is -0.553. The lowest BCUT2D eigenvalue weighted by Crippen LogP contribution is -2.43. The fourth-order valence-corrected chi connectivity index (χ4v) is 6.45. The molecule has 0 saturated carbocycles. The van der Waals surface area contributed by atoms with Crippen molar-refractivity contribution in [3.8, 4) is 5.69 Å². The van der Waals surface area contributed by atoms with E-state index in [9.17, 15) is 14.4 Å². The molecule has 2 unspecified atom stereocenters. The number of ether oxygens (including phenoxy) is 3. The first-order chi connectivity index (χ1) is 21.9. The lowest BCUT2D eigenvalue weighted by atomic mass is 9.92. The topological polar surface area (TPSA) is 133 Å². The Balaban J connectivity index is 1.24. The SMILES string of the molecule is Cc1c(C2C=C(C(=O)N3CCC(n4c(=O)[nH]c5ccccc54)CC3)OC(OCCOCCO)C2)c(=O)n(-c2ccccc2)n1C. The van der Waals surface area contributed by atoms with Gasteiger partial charge in [-0.3, -0.25) is 18.8 Å². The number of hydrogen-bond donors (Lipinski definition) is 2. The van der Waals surface area contributed by atoms with Gasteiger partial charge in [0.05, 0.1) is 43.1 Å². The van der Waals surface area contributed by atoms with Crippen LogP contribution >= 0.6 is 0 Å². The number of fused-ring (bicyclic) bond motifs is 1. The first kappa shape index (κ1) is 30.6. The van der Waals surface area contributed by atoms with E-state index in [0.29, 0.717) is 37.9 Å². The van der Waals surface area contributed by atoms with Crippen LogP contribution in [-0.4, -0.2) is 80.6 Å². The molecule has 238 valence electrons. The van der Waals surface area contributed by atoms with Crippen LogP contribution < -0.4 is 11.2 Å². The van der Waals surface area contributed by atoms with Crippen LogP contribution in [-0.2, 0) is 26.1 Å². The minimum absolute atomic E-state index is 0.0369. The molecule has 2 aliphatic heterocycles. The zero-order valence-electron chi connectivity index (χ0n) is 25.6. The number of aliphatic hydroxyl groups excluding tert-OH is 1. The summed E-state index contributed by atoms with van der Waals surface area (Å²) in [6.45, 7) is 3.37. The lowest BCUT2D eigenvalue weighted by Gasteiger charge is -2.35. The summed E-state index contributed by atoms with van der Waals surface area (Å²) >= 11 is 0. The molecule has 0 bridgehead atoms. The van der Waals surface area contributed by atoms with Gasteiger partial charge in [-0.05, 0) is 50.1 Å². The molecular weight excluding hydrogens is 578 g/mol. The molecule has 6 rings (SSSR count). The van der Waals surface area contributed by atoms with Crippen molar-refractivity contribution in [2.24, 2.45) is 7.05 Å². The minimum Gasteiger partial charge on any atom is -0.459 e. The average Bonchev–Trinajstić information content (AvgIpc) is 3.51. The second-order valence-electron chi connectivity index (χ2n) is 11.4. The number of nitrogens with one attached hydrogen (secondary N) is 1. The first-order valence-electron chi connectivity index (χ1n) is 15.4. The second kappa shape index (κ2) is 13.3. The average molecular weight is 618 g/mol. The van der Waals surface area contributed by atoms with Crippen molar-refractivity contribution < 1.29 is 24.1 Å². The largest absolute Gasteiger partial charge is 0.459 e. The molecule has 2 atom stereocenters. The molecule has 4 aromatic rings. The van der Waals surface area contributed by atoms with Crippen LogP contribution in [0, 0.1) is 6.92 Å². The number of para-hydroxylation sites is 3. The van der Waals surface area contributed by atoms with E-state index in [1.54, 1.807) is 20.2 Å². The van der Waals surface area contributed by atoms with Gasteiger partial charge in [0.2, 0.25) is 6.29 Å². The number of hydrogen-bond acceptors (Lipinski definition) is 7. The Morgan fingerprint density at radius 1 is 1.02 bits per heavy atom. The molecule has 0 radical (unpaired) electrons. The monoisotopic (exact) mass is 617 g/mol. The lowest BCUT2D eigenvalue weighted by molar-refractivity contribution is -0.157. The minimum atomic E-state index is -0.775. The zero-order chi connectivity index (χ0) is 31.5. The van der Waals surface area contributed by atoms with Crippen molar-refractivity contribution in [2.45, 2.75) is 44.4 Å². The third-order valence-electron chi connectivity index (χ3n) is 8.75. The number of likely N-dealkylation sites (tertiary alicyclic amines) is 1. The summed E-state index contributed by atoms with van der Waals surface area (Å²) in [7, 11) is 1.85. The summed E-state index contributed by atoms with van der Waals surface area (Å²) in [4.78, 5) is 45.2. The van der Waals surface area contributed by atoms with Gasteiger partial charge in [-0.2, -0.15) is 0 Å². The van der Waals surface area contributed by atoms with Crippen LogP contribution in [0.1, 0.15) is 42.5 Å². The Bertz CT molecular complexity index is 1790. The van der Waals surface area contributed by atoms with E-state index in [0.717, 1.165) is 22.4 Å². The van der Waals surface area contributed by atoms with Gasteiger partial charge in [-0.1, -0.05) is 30.3 Å². The Morgan fingerprint density at radius 2 is 1.76 bits per heavy atom. The maximum absolute atomic E-state index is 13.9. The molecule has 0 spiro atoms. The highest BCUT2D eigenvalue weighted by molar-refractivity contribution is 5.92. The van der Waals surface area contributed by atoms with Crippen LogP contribution in [0.2, 0.25) is 0 Å². The van der Waals surface area contributed by atoms with Crippen LogP contribution in [0.25, 0.3) is 16.7 Å². The van der Waals surface area contributed by atoms with Crippen molar-refractivity contribution >= 4 is 16.9 Å². The van der Waals surface area contributed by atoms with E-state index >= 15 is 0 Å². The molecule has 2 N–H and O–H groups in total. The molecule has 12 heteroatoms. The van der Waals surface area contributed by atoms with E-state index in [2.05, 4.69) is 4.98 Å². The molecular formula is C33H39N5O7. The summed E-state index contributed by atoms with van der Waals surface area (Å²) in [6, 6.07) is 17.0. The Morgan fingerprint density at radius 3 is 2.51 bits per heavy atom. The van der Waals surface area contributed by atoms with Gasteiger partial charge in [0.15, 0.2) is 5.76 Å². The molecule has 2 aromatic carbocycles. The summed E-state index contributed by atoms with van der Waals surface area (Å²) in [5.41, 5.74) is 3.46. The van der Waals surface area contributed by atoms with Crippen molar-refractivity contribution in [1.82, 2.24) is 23.8 Å². The highest BCUT2D eigenvalue weighted by Crippen LogP contribution is 2.34. The van der Waals surface area contributed by atoms with Crippen molar-refractivity contribution in [2.75, 3.05) is 39.5 Å². The number of aromatic amines is 1. The highest BCUT2D eigenvalue weighted by Gasteiger charge is 2.35. The third-order valence-corrected chi connectivity index (χ3v) is 8.75. The standard InChI is InChI=1S/C33H39N5O7/c1-22-30(32(41)38(35(22)2)25-8-4-3-5-9-25)23-20-28(45-29(21-23)44-19-18-43-17-16-39)31(40)36-14-12-24(13-15-36)37-27-11-7-6-10-26(27)34-33(37)42/h3-11,20,23-24,29,39H,12-19,21H2,1-2H3,(H,34,42). The van der Waals surface area contributed by atoms with E-state index in [4.69, 9.17) is 19.3 Å². The molecule has 1 saturated heterocycles. The maximum atomic E-state index is 13.9. The van der Waals surface area contributed by atoms with E-state index in [1.807, 2.05) is 73.3 Å². The Hall–Kier alpha value is -4.39. The number of carbonyl (C=O) groups is 1. The molecule has 1 fully saturated rings. The van der Waals surface area contributed by atoms with Gasteiger partial charge in [0.25, 0.3) is 11.5 Å². The van der Waals surface area contributed by atoms with Crippen LogP contribution in [0.3, 0.4) is 0 Å². The molecule has 1 amide bonds. The number of aromatic nitrogens is 4. The number of benzene rings is 2. The van der Waals surface area contributed by atoms with Gasteiger partial charge in [0, 0.05) is 49.8 Å². The van der Waals surface area contributed by atoms with Gasteiger partial charge < -0.3 is 29.2 Å². The highest BCUT2D eigenvalue weighted by atomic mass is 16.7. The predicted octanol–water partition coefficient (Wildman–Crippen LogP) is 2.73. The smallest absolute Gasteiger partial charge is 0.326 e. The predicted molar refractivity (Wildman–Crippen MR) is 167 cm³/mol. The van der Waals surface area contributed by atoms with Gasteiger partial charge in [0.1, 0.15) is 0 Å². The normalized spacial score (nSPS) is 19.1. The van der Waals surface area contributed by atoms with Crippen molar-refractivity contribution in [3.05, 3.63) is 98.5 Å². The molecule has 2 aliphatic rings. The number of imidazole rings is 1. The number of aliphatic hydroxyl groups is 1. The van der Waals surface area contributed by atoms with Crippen LogP contribution in [0.15, 0.2) is 76.0 Å². The first-order valence-corrected chi connectivity index (χ1v) is 15.4. The molecule has 0 aliphatic carbocycles. The number of carbonyl (C=O) groups excluding carboxylic acids is 1. The van der Waals surface area contributed by atoms with Gasteiger partial charge in [-0.25, -0.2) is 9.48 Å². The van der Waals surface area contributed by atoms with Crippen LogP contribution in [0.4, 0.5) is 0 Å². The molecule has 45 heavy (non-hydrogen) atoms. The maximum Gasteiger partial charge on any atom is 0.326 e. The summed E-state index contributed by atoms with van der Waals surface area (Å²) < 4.78 is 22.7. The molecule has 12 nitrogen and oxygen atoms in total. The van der Waals surface area contributed by atoms with E-state index in [1.165, 1.54) is 0 Å². The Kier molecular flexibility index (Phi) is 9.06. The van der Waals surface area contributed by atoms with E-state index < -0.39 is 12.2 Å². The number of nitrogens with zero attached hydrogens (tertiary/aromatic N) is 4. The van der Waals surface area contributed by atoms with Gasteiger partial charge in [-0.15, -0.1) is 0 Å². The fraction of sp³-hybridized carbons (Fsp3) is 0.424. The number of piperidine rings is 1. The Labute approximate surface area is 260 Å². The number of amides is 1. The van der Waals surface area contributed by atoms with Crippen LogP contribution in [0.5, 0.6) is 0 Å². The second-order valence-corrected chi connectivity index (χ2v) is 11.4. The zero-order valence-corrected chi connectivity index (χ0v) is 25.6. The third kappa shape index (κ3) is 6.13. The molecule has 4 heterocycles. The number of rotatable bonds is 10. The fourth-order valence-electron chi connectivity index (χ4n) is 6.45. The molecule has 2 aromatic heterocycles. The number of H-pyrrole nitrogens is 1. The number of allylic oxidation sites excluding steroid dienone is 1. The quantitative estimate of drug-likeness (QED) is 0.262. The summed E-state index contributed by atoms with van der Waals surface area (Å²) in [5, 5.41) is 8.99. The van der Waals surface area contributed by atoms with Gasteiger partial charge >= 0.3 is 5.69 Å². The van der Waals surface area contributed by atoms with E-state index in [-0.39, 0.29) is 55.4 Å². The van der Waals surface area contributed by atoms with Crippen molar-refractivity contribution in [1.29, 1.82) is 0 Å². The van der Waals surface area contributed by atoms with Crippen molar-refractivity contribution in [3.63, 3.8) is 0 Å². The summed E-state index contributed by atoms with van der Waals surface area (Å²) in [6.07, 6.45) is 2.55.